The average molecular weight is 475 g/mol. The second-order valence-electron chi connectivity index (χ2n) is 6.76. The zero-order valence-electron chi connectivity index (χ0n) is 15.5. The fraction of sp³-hybridized carbons (Fsp3) is 0.353. The molecule has 2 aromatic rings. The van der Waals surface area contributed by atoms with Gasteiger partial charge >= 0.3 is 0 Å². The number of aromatic nitrogens is 1. The largest absolute Gasteiger partial charge is 0.488 e. The summed E-state index contributed by atoms with van der Waals surface area (Å²) in [5.74, 6) is -1.03. The van der Waals surface area contributed by atoms with Crippen molar-refractivity contribution in [2.75, 3.05) is 32.6 Å². The molecule has 2 heterocycles. The minimum atomic E-state index is -3.85. The number of fused-ring (bicyclic) bond motifs is 1. The Hall–Kier alpha value is -1.95. The maximum atomic E-state index is 13.4. The van der Waals surface area contributed by atoms with Crippen molar-refractivity contribution in [3.05, 3.63) is 40.4 Å². The Morgan fingerprint density at radius 1 is 1.46 bits per heavy atom. The van der Waals surface area contributed by atoms with Crippen LogP contribution in [0.4, 0.5) is 10.1 Å². The van der Waals surface area contributed by atoms with Crippen LogP contribution >= 0.6 is 15.9 Å². The van der Waals surface area contributed by atoms with Gasteiger partial charge in [-0.25, -0.2) is 17.5 Å². The lowest BCUT2D eigenvalue weighted by Crippen LogP contribution is -2.43. The summed E-state index contributed by atoms with van der Waals surface area (Å²) in [5, 5.41) is 2.63. The lowest BCUT2D eigenvalue weighted by Gasteiger charge is -2.19. The number of aryl methyl sites for hydroxylation is 1. The predicted molar refractivity (Wildman–Crippen MR) is 106 cm³/mol. The fourth-order valence-electron chi connectivity index (χ4n) is 2.97. The molecule has 0 bridgehead atoms. The number of carbonyl (C=O) groups is 1. The molecule has 0 fully saturated rings. The Morgan fingerprint density at radius 3 is 2.82 bits per heavy atom. The maximum Gasteiger partial charge on any atom is 0.276 e. The van der Waals surface area contributed by atoms with Gasteiger partial charge in [0.1, 0.15) is 17.3 Å². The van der Waals surface area contributed by atoms with E-state index in [0.29, 0.717) is 12.2 Å². The van der Waals surface area contributed by atoms with E-state index in [1.54, 1.807) is 7.05 Å². The molecule has 1 aromatic carbocycles. The Morgan fingerprint density at radius 2 is 2.18 bits per heavy atom. The molecule has 0 aliphatic carbocycles. The predicted octanol–water partition coefficient (Wildman–Crippen LogP) is 1.78. The molecule has 11 heteroatoms. The Kier molecular flexibility index (Phi) is 5.80. The first kappa shape index (κ1) is 20.8. The van der Waals surface area contributed by atoms with E-state index in [2.05, 4.69) is 26.0 Å². The van der Waals surface area contributed by atoms with E-state index in [9.17, 15) is 17.6 Å². The summed E-state index contributed by atoms with van der Waals surface area (Å²) >= 11 is 3.06. The van der Waals surface area contributed by atoms with Crippen molar-refractivity contribution in [1.29, 1.82) is 0 Å². The van der Waals surface area contributed by atoms with Gasteiger partial charge in [-0.2, -0.15) is 0 Å². The third-order valence-electron chi connectivity index (χ3n) is 4.12. The molecule has 3 rings (SSSR count). The van der Waals surface area contributed by atoms with Crippen LogP contribution in [0.2, 0.25) is 0 Å². The van der Waals surface area contributed by atoms with Gasteiger partial charge in [-0.05, 0) is 48.2 Å². The molecule has 1 atom stereocenters. The zero-order valence-corrected chi connectivity index (χ0v) is 17.9. The minimum Gasteiger partial charge on any atom is -0.488 e. The smallest absolute Gasteiger partial charge is 0.276 e. The van der Waals surface area contributed by atoms with Crippen LogP contribution in [0.15, 0.2) is 33.8 Å². The normalized spacial score (nSPS) is 18.3. The number of ether oxygens (including phenoxy) is 1. The number of anilines is 1. The van der Waals surface area contributed by atoms with Gasteiger partial charge in [-0.3, -0.25) is 4.79 Å². The monoisotopic (exact) mass is 474 g/mol. The molecule has 1 unspecified atom stereocenters. The molecule has 1 aliphatic heterocycles. The third kappa shape index (κ3) is 4.22. The minimum absolute atomic E-state index is 0.00469. The first-order chi connectivity index (χ1) is 13.1. The standard InChI is InChI=1S/C17H20BrFN4O4S/c1-22(2)7-11-9-27-16-14(28(25,26)21-11)8-23(3)15(16)17(24)20-10-4-5-13(19)12(18)6-10/h4-6,8,11,21H,7,9H2,1-3H3,(H,20,24). The maximum absolute atomic E-state index is 13.4. The molecule has 8 nitrogen and oxygen atoms in total. The van der Waals surface area contributed by atoms with E-state index in [4.69, 9.17) is 4.74 Å². The highest BCUT2D eigenvalue weighted by Gasteiger charge is 2.34. The Bertz CT molecular complexity index is 1020. The number of nitrogens with zero attached hydrogens (tertiary/aromatic N) is 2. The first-order valence-corrected chi connectivity index (χ1v) is 10.6. The molecule has 0 saturated heterocycles. The van der Waals surface area contributed by atoms with Crippen molar-refractivity contribution < 1.29 is 22.3 Å². The van der Waals surface area contributed by atoms with Crippen LogP contribution in [0, 0.1) is 5.82 Å². The lowest BCUT2D eigenvalue weighted by atomic mass is 10.3. The first-order valence-electron chi connectivity index (χ1n) is 8.34. The molecule has 1 aromatic heterocycles. The van der Waals surface area contributed by atoms with Gasteiger partial charge in [-0.1, -0.05) is 0 Å². The second-order valence-corrected chi connectivity index (χ2v) is 9.29. The second kappa shape index (κ2) is 7.82. The van der Waals surface area contributed by atoms with Gasteiger partial charge in [0, 0.05) is 25.5 Å². The van der Waals surface area contributed by atoms with Gasteiger partial charge in [0.25, 0.3) is 5.91 Å². The molecule has 0 saturated carbocycles. The molecule has 28 heavy (non-hydrogen) atoms. The molecular formula is C17H20BrFN4O4S. The number of hydrogen-bond acceptors (Lipinski definition) is 5. The van der Waals surface area contributed by atoms with Crippen LogP contribution in [-0.2, 0) is 17.1 Å². The summed E-state index contributed by atoms with van der Waals surface area (Å²) in [7, 11) is 1.35. The number of benzene rings is 1. The number of sulfonamides is 1. The number of carbonyl (C=O) groups excluding carboxylic acids is 1. The zero-order chi connectivity index (χ0) is 20.6. The topological polar surface area (TPSA) is 92.7 Å². The van der Waals surface area contributed by atoms with Crippen molar-refractivity contribution in [2.45, 2.75) is 10.9 Å². The number of halogens is 2. The molecule has 0 spiro atoms. The summed E-state index contributed by atoms with van der Waals surface area (Å²) < 4.78 is 48.7. The van der Waals surface area contributed by atoms with Crippen molar-refractivity contribution in [3.63, 3.8) is 0 Å². The molecule has 1 amide bonds. The van der Waals surface area contributed by atoms with Crippen molar-refractivity contribution >= 4 is 37.5 Å². The summed E-state index contributed by atoms with van der Waals surface area (Å²) in [6.07, 6.45) is 1.34. The van der Waals surface area contributed by atoms with Crippen LogP contribution in [0.3, 0.4) is 0 Å². The van der Waals surface area contributed by atoms with Gasteiger partial charge in [-0.15, -0.1) is 0 Å². The van der Waals surface area contributed by atoms with Gasteiger partial charge in [0.2, 0.25) is 10.0 Å². The Balaban J connectivity index is 1.93. The summed E-state index contributed by atoms with van der Waals surface area (Å²) in [4.78, 5) is 14.5. The molecule has 1 aliphatic rings. The number of nitrogens with one attached hydrogen (secondary N) is 2. The highest BCUT2D eigenvalue weighted by molar-refractivity contribution is 9.10. The number of hydrogen-bond donors (Lipinski definition) is 2. The van der Waals surface area contributed by atoms with Crippen molar-refractivity contribution in [3.8, 4) is 5.75 Å². The van der Waals surface area contributed by atoms with E-state index in [1.165, 1.54) is 29.0 Å². The summed E-state index contributed by atoms with van der Waals surface area (Å²) in [5.41, 5.74) is 0.416. The van der Waals surface area contributed by atoms with Gasteiger partial charge in [0.15, 0.2) is 11.4 Å². The lowest BCUT2D eigenvalue weighted by molar-refractivity contribution is 0.101. The highest BCUT2D eigenvalue weighted by Crippen LogP contribution is 2.33. The molecular weight excluding hydrogens is 455 g/mol. The number of rotatable bonds is 4. The van der Waals surface area contributed by atoms with Crippen LogP contribution in [0.5, 0.6) is 5.75 Å². The number of likely N-dealkylation sites (N-methyl/N-ethyl adjacent to an activating group) is 1. The average Bonchev–Trinajstić information content (AvgIpc) is 2.87. The van der Waals surface area contributed by atoms with E-state index in [-0.39, 0.29) is 27.4 Å². The van der Waals surface area contributed by atoms with Crippen LogP contribution in [0.25, 0.3) is 0 Å². The highest BCUT2D eigenvalue weighted by atomic mass is 79.9. The molecule has 0 radical (unpaired) electrons. The fourth-order valence-corrected chi connectivity index (χ4v) is 4.75. The van der Waals surface area contributed by atoms with Gasteiger partial charge < -0.3 is 19.5 Å². The summed E-state index contributed by atoms with van der Waals surface area (Å²) in [6, 6.07) is 3.58. The Labute approximate surface area is 170 Å². The van der Waals surface area contributed by atoms with E-state index in [0.717, 1.165) is 0 Å². The summed E-state index contributed by atoms with van der Waals surface area (Å²) in [6.45, 7) is 0.525. The van der Waals surface area contributed by atoms with E-state index >= 15 is 0 Å². The van der Waals surface area contributed by atoms with E-state index < -0.39 is 27.8 Å². The van der Waals surface area contributed by atoms with Crippen molar-refractivity contribution in [1.82, 2.24) is 14.2 Å². The quantitative estimate of drug-likeness (QED) is 0.704. The van der Waals surface area contributed by atoms with Crippen LogP contribution < -0.4 is 14.8 Å². The SMILES string of the molecule is CN(C)CC1COc2c(cn(C)c2C(=O)Nc2ccc(F)c(Br)c2)S(=O)(=O)N1. The molecule has 2 N–H and O–H groups in total. The molecule has 152 valence electrons. The van der Waals surface area contributed by atoms with E-state index in [1.807, 2.05) is 19.0 Å². The van der Waals surface area contributed by atoms with Gasteiger partial charge in [0.05, 0.1) is 10.5 Å². The number of amides is 1. The van der Waals surface area contributed by atoms with Crippen LogP contribution in [0.1, 0.15) is 10.5 Å². The van der Waals surface area contributed by atoms with Crippen molar-refractivity contribution in [2.24, 2.45) is 7.05 Å². The third-order valence-corrected chi connectivity index (χ3v) is 6.24. The van der Waals surface area contributed by atoms with Crippen LogP contribution in [-0.4, -0.2) is 57.1 Å².